The summed E-state index contributed by atoms with van der Waals surface area (Å²) in [6.07, 6.45) is 0.668. The number of ketones is 1. The molecule has 0 atom stereocenters. The van der Waals surface area contributed by atoms with Crippen LogP contribution in [0.25, 0.3) is 0 Å². The van der Waals surface area contributed by atoms with Gasteiger partial charge in [-0.15, -0.1) is 0 Å². The van der Waals surface area contributed by atoms with E-state index in [9.17, 15) is 14.4 Å². The summed E-state index contributed by atoms with van der Waals surface area (Å²) in [7, 11) is 1.59. The Balaban J connectivity index is 1.90. The lowest BCUT2D eigenvalue weighted by Crippen LogP contribution is -2.16. The van der Waals surface area contributed by atoms with Gasteiger partial charge in [-0.25, -0.2) is 4.79 Å². The monoisotopic (exact) mass is 387 g/mol. The van der Waals surface area contributed by atoms with E-state index in [2.05, 4.69) is 4.98 Å². The second-order valence-corrected chi connectivity index (χ2v) is 6.28. The van der Waals surface area contributed by atoms with Gasteiger partial charge in [-0.3, -0.25) is 9.59 Å². The fourth-order valence-corrected chi connectivity index (χ4v) is 2.87. The van der Waals surface area contributed by atoms with Gasteiger partial charge < -0.3 is 19.2 Å². The third-order valence-electron chi connectivity index (χ3n) is 4.34. The first-order valence-corrected chi connectivity index (χ1v) is 9.05. The molecule has 0 saturated heterocycles. The van der Waals surface area contributed by atoms with Gasteiger partial charge >= 0.3 is 11.9 Å². The van der Waals surface area contributed by atoms with Gasteiger partial charge in [0, 0.05) is 12.1 Å². The first-order valence-electron chi connectivity index (χ1n) is 9.05. The molecule has 1 aromatic carbocycles. The maximum atomic E-state index is 12.4. The van der Waals surface area contributed by atoms with Gasteiger partial charge in [0.2, 0.25) is 5.78 Å². The van der Waals surface area contributed by atoms with Crippen molar-refractivity contribution in [1.29, 1.82) is 0 Å². The Labute approximate surface area is 164 Å². The molecule has 2 rings (SSSR count). The summed E-state index contributed by atoms with van der Waals surface area (Å²) in [6, 6.07) is 7.39. The van der Waals surface area contributed by atoms with Crippen LogP contribution < -0.4 is 4.74 Å². The molecule has 2 aromatic rings. The van der Waals surface area contributed by atoms with E-state index in [-0.39, 0.29) is 25.3 Å². The summed E-state index contributed by atoms with van der Waals surface area (Å²) >= 11 is 0. The molecule has 7 heteroatoms. The lowest BCUT2D eigenvalue weighted by atomic mass is 10.1. The number of hydrogen-bond acceptors (Lipinski definition) is 6. The van der Waals surface area contributed by atoms with Crippen molar-refractivity contribution in [3.8, 4) is 5.75 Å². The molecule has 1 aromatic heterocycles. The molecule has 0 aliphatic heterocycles. The number of aryl methyl sites for hydroxylation is 2. The van der Waals surface area contributed by atoms with Gasteiger partial charge in [-0.1, -0.05) is 12.1 Å². The summed E-state index contributed by atoms with van der Waals surface area (Å²) < 4.78 is 15.2. The Morgan fingerprint density at radius 1 is 1.04 bits per heavy atom. The number of hydrogen-bond donors (Lipinski definition) is 1. The summed E-state index contributed by atoms with van der Waals surface area (Å²) in [4.78, 5) is 39.2. The van der Waals surface area contributed by atoms with E-state index in [1.165, 1.54) is 0 Å². The number of nitrogens with one attached hydrogen (secondary N) is 1. The third kappa shape index (κ3) is 5.22. The average Bonchev–Trinajstić information content (AvgIpc) is 2.99. The SMILES string of the molecule is CCOC(=O)c1c(C)[nH]c(C(=O)COC(=O)CCc2ccc(OC)cc2)c1C. The molecule has 7 nitrogen and oxygen atoms in total. The average molecular weight is 387 g/mol. The van der Waals surface area contributed by atoms with Crippen LogP contribution in [0, 0.1) is 13.8 Å². The zero-order valence-electron chi connectivity index (χ0n) is 16.6. The fourth-order valence-electron chi connectivity index (χ4n) is 2.87. The second kappa shape index (κ2) is 9.73. The summed E-state index contributed by atoms with van der Waals surface area (Å²) in [5, 5.41) is 0. The number of esters is 2. The van der Waals surface area contributed by atoms with E-state index < -0.39 is 17.7 Å². The number of aromatic nitrogens is 1. The largest absolute Gasteiger partial charge is 0.497 e. The molecule has 0 saturated carbocycles. The molecule has 0 aliphatic rings. The van der Waals surface area contributed by atoms with Crippen molar-refractivity contribution in [3.63, 3.8) is 0 Å². The molecular weight excluding hydrogens is 362 g/mol. The molecule has 1 heterocycles. The molecule has 0 fully saturated rings. The Hall–Kier alpha value is -3.09. The summed E-state index contributed by atoms with van der Waals surface area (Å²) in [5.41, 5.74) is 2.61. The first-order chi connectivity index (χ1) is 13.4. The molecule has 0 aliphatic carbocycles. The summed E-state index contributed by atoms with van der Waals surface area (Å²) in [5.74, 6) is -0.593. The van der Waals surface area contributed by atoms with Crippen LogP contribution in [-0.2, 0) is 20.7 Å². The smallest absolute Gasteiger partial charge is 0.340 e. The number of Topliss-reactive ketones (excluding diaryl/α,β-unsaturated/α-hetero) is 1. The van der Waals surface area contributed by atoms with Gasteiger partial charge in [0.05, 0.1) is 25.0 Å². The number of methoxy groups -OCH3 is 1. The lowest BCUT2D eigenvalue weighted by Gasteiger charge is -2.06. The van der Waals surface area contributed by atoms with Crippen LogP contribution in [0.3, 0.4) is 0 Å². The van der Waals surface area contributed by atoms with Gasteiger partial charge in [-0.05, 0) is 50.5 Å². The second-order valence-electron chi connectivity index (χ2n) is 6.28. The molecule has 0 radical (unpaired) electrons. The quantitative estimate of drug-likeness (QED) is 0.525. The highest BCUT2D eigenvalue weighted by molar-refractivity contribution is 6.02. The number of benzene rings is 1. The van der Waals surface area contributed by atoms with E-state index in [4.69, 9.17) is 14.2 Å². The highest BCUT2D eigenvalue weighted by atomic mass is 16.5. The van der Waals surface area contributed by atoms with Crippen molar-refractivity contribution >= 4 is 17.7 Å². The zero-order chi connectivity index (χ0) is 20.7. The standard InChI is InChI=1S/C21H25NO6/c1-5-27-21(25)19-13(2)20(22-14(19)3)17(23)12-28-18(24)11-8-15-6-9-16(26-4)10-7-15/h6-7,9-10,22H,5,8,11-12H2,1-4H3. The molecule has 28 heavy (non-hydrogen) atoms. The number of carbonyl (C=O) groups excluding carboxylic acids is 3. The molecule has 150 valence electrons. The highest BCUT2D eigenvalue weighted by Gasteiger charge is 2.23. The van der Waals surface area contributed by atoms with Crippen molar-refractivity contribution < 1.29 is 28.6 Å². The maximum Gasteiger partial charge on any atom is 0.340 e. The maximum absolute atomic E-state index is 12.4. The van der Waals surface area contributed by atoms with Crippen molar-refractivity contribution in [3.05, 3.63) is 52.3 Å². The normalized spacial score (nSPS) is 10.4. The van der Waals surface area contributed by atoms with Crippen LogP contribution in [-0.4, -0.2) is 43.0 Å². The van der Waals surface area contributed by atoms with E-state index >= 15 is 0 Å². The van der Waals surface area contributed by atoms with Crippen LogP contribution in [0.1, 0.15) is 51.0 Å². The highest BCUT2D eigenvalue weighted by Crippen LogP contribution is 2.20. The van der Waals surface area contributed by atoms with Crippen LogP contribution in [0.15, 0.2) is 24.3 Å². The predicted molar refractivity (Wildman–Crippen MR) is 103 cm³/mol. The Morgan fingerprint density at radius 2 is 1.71 bits per heavy atom. The number of ether oxygens (including phenoxy) is 3. The molecule has 0 amide bonds. The Bertz CT molecular complexity index is 851. The number of H-pyrrole nitrogens is 1. The minimum absolute atomic E-state index is 0.163. The summed E-state index contributed by atoms with van der Waals surface area (Å²) in [6.45, 7) is 4.93. The van der Waals surface area contributed by atoms with Crippen LogP contribution in [0.4, 0.5) is 0 Å². The van der Waals surface area contributed by atoms with Crippen molar-refractivity contribution in [2.24, 2.45) is 0 Å². The zero-order valence-corrected chi connectivity index (χ0v) is 16.6. The van der Waals surface area contributed by atoms with Crippen LogP contribution in [0.2, 0.25) is 0 Å². The van der Waals surface area contributed by atoms with Crippen LogP contribution in [0.5, 0.6) is 5.75 Å². The topological polar surface area (TPSA) is 94.7 Å². The van der Waals surface area contributed by atoms with Crippen molar-refractivity contribution in [2.45, 2.75) is 33.6 Å². The molecule has 1 N–H and O–H groups in total. The predicted octanol–water partition coefficient (Wildman–Crippen LogP) is 3.18. The van der Waals surface area contributed by atoms with Gasteiger partial charge in [0.15, 0.2) is 6.61 Å². The van der Waals surface area contributed by atoms with E-state index in [1.807, 2.05) is 24.3 Å². The third-order valence-corrected chi connectivity index (χ3v) is 4.34. The Kier molecular flexibility index (Phi) is 7.37. The Morgan fingerprint density at radius 3 is 2.32 bits per heavy atom. The van der Waals surface area contributed by atoms with Crippen molar-refractivity contribution in [1.82, 2.24) is 4.98 Å². The number of carbonyl (C=O) groups is 3. The molecular formula is C21H25NO6. The van der Waals surface area contributed by atoms with Crippen LogP contribution >= 0.6 is 0 Å². The van der Waals surface area contributed by atoms with E-state index in [0.717, 1.165) is 11.3 Å². The lowest BCUT2D eigenvalue weighted by molar-refractivity contribution is -0.142. The van der Waals surface area contributed by atoms with Gasteiger partial charge in [-0.2, -0.15) is 0 Å². The van der Waals surface area contributed by atoms with Gasteiger partial charge in [0.1, 0.15) is 5.75 Å². The number of rotatable bonds is 9. The molecule has 0 bridgehead atoms. The molecule has 0 spiro atoms. The fraction of sp³-hybridized carbons (Fsp3) is 0.381. The minimum atomic E-state index is -0.482. The minimum Gasteiger partial charge on any atom is -0.497 e. The van der Waals surface area contributed by atoms with Gasteiger partial charge in [0.25, 0.3) is 0 Å². The first kappa shape index (κ1) is 21.2. The number of aromatic amines is 1. The van der Waals surface area contributed by atoms with E-state index in [0.29, 0.717) is 23.2 Å². The van der Waals surface area contributed by atoms with Crippen molar-refractivity contribution in [2.75, 3.05) is 20.3 Å². The molecule has 0 unspecified atom stereocenters. The van der Waals surface area contributed by atoms with E-state index in [1.54, 1.807) is 27.9 Å².